The number of nitriles is 1. The van der Waals surface area contributed by atoms with Gasteiger partial charge in [0.25, 0.3) is 0 Å². The molecule has 1 heterocycles. The van der Waals surface area contributed by atoms with Crippen molar-refractivity contribution in [2.45, 2.75) is 18.6 Å². The Labute approximate surface area is 89.8 Å². The van der Waals surface area contributed by atoms with Gasteiger partial charge in [0.2, 0.25) is 0 Å². The van der Waals surface area contributed by atoms with Gasteiger partial charge in [-0.2, -0.15) is 5.26 Å². The minimum Gasteiger partial charge on any atom is -0.477 e. The average Bonchev–Trinajstić information content (AvgIpc) is 2.65. The molecule has 0 amide bonds. The van der Waals surface area contributed by atoms with Crippen molar-refractivity contribution in [2.75, 3.05) is 0 Å². The Bertz CT molecular complexity index is 395. The van der Waals surface area contributed by atoms with Gasteiger partial charge in [0, 0.05) is 0 Å². The van der Waals surface area contributed by atoms with Gasteiger partial charge >= 0.3 is 5.97 Å². The molecule has 3 N–H and O–H groups in total. The number of nitrogens with zero attached hydrogens (tertiary/aromatic N) is 1. The van der Waals surface area contributed by atoms with Crippen LogP contribution in [0.3, 0.4) is 0 Å². The molecule has 5 nitrogen and oxygen atoms in total. The number of thiophene rings is 1. The fraction of sp³-hybridized carbons (Fsp3) is 0.333. The van der Waals surface area contributed by atoms with Crippen molar-refractivity contribution in [1.29, 1.82) is 5.26 Å². The standard InChI is InChI=1S/C9H9NO4S/c10-2-1-6(11)8(12)5-3-7(9(13)14)15-4-5/h3-4,6,8,11-12H,1H2,(H,13,14). The summed E-state index contributed by atoms with van der Waals surface area (Å²) < 4.78 is 0. The van der Waals surface area contributed by atoms with Crippen LogP contribution in [0.15, 0.2) is 11.4 Å². The van der Waals surface area contributed by atoms with Gasteiger partial charge in [-0.05, 0) is 17.0 Å². The largest absolute Gasteiger partial charge is 0.477 e. The Morgan fingerprint density at radius 2 is 2.27 bits per heavy atom. The van der Waals surface area contributed by atoms with Gasteiger partial charge in [0.15, 0.2) is 0 Å². The van der Waals surface area contributed by atoms with Crippen LogP contribution >= 0.6 is 11.3 Å². The van der Waals surface area contributed by atoms with E-state index in [4.69, 9.17) is 10.4 Å². The molecule has 0 aromatic carbocycles. The van der Waals surface area contributed by atoms with E-state index in [9.17, 15) is 15.0 Å². The van der Waals surface area contributed by atoms with Gasteiger partial charge in [-0.25, -0.2) is 4.79 Å². The van der Waals surface area contributed by atoms with Crippen molar-refractivity contribution in [3.8, 4) is 6.07 Å². The number of aliphatic hydroxyl groups is 2. The van der Waals surface area contributed by atoms with E-state index >= 15 is 0 Å². The van der Waals surface area contributed by atoms with Gasteiger partial charge in [-0.1, -0.05) is 0 Å². The lowest BCUT2D eigenvalue weighted by Gasteiger charge is -2.13. The number of aliphatic hydroxyl groups excluding tert-OH is 2. The Kier molecular flexibility index (Phi) is 3.80. The average molecular weight is 227 g/mol. The van der Waals surface area contributed by atoms with E-state index in [2.05, 4.69) is 0 Å². The van der Waals surface area contributed by atoms with Crippen LogP contribution in [0.2, 0.25) is 0 Å². The molecule has 0 fully saturated rings. The molecular formula is C9H9NO4S. The molecule has 0 bridgehead atoms. The number of carbonyl (C=O) groups is 1. The quantitative estimate of drug-likeness (QED) is 0.704. The maximum atomic E-state index is 10.5. The Balaban J connectivity index is 2.78. The van der Waals surface area contributed by atoms with Crippen molar-refractivity contribution in [3.63, 3.8) is 0 Å². The molecule has 0 aliphatic carbocycles. The summed E-state index contributed by atoms with van der Waals surface area (Å²) in [5.74, 6) is -1.08. The third kappa shape index (κ3) is 2.76. The molecule has 1 aromatic rings. The molecule has 1 aromatic heterocycles. The number of aromatic carboxylic acids is 1. The Morgan fingerprint density at radius 3 is 2.73 bits per heavy atom. The van der Waals surface area contributed by atoms with Crippen LogP contribution in [0, 0.1) is 11.3 Å². The minimum atomic E-state index is -1.21. The lowest BCUT2D eigenvalue weighted by Crippen LogP contribution is -2.16. The van der Waals surface area contributed by atoms with Gasteiger partial charge in [0.1, 0.15) is 11.0 Å². The van der Waals surface area contributed by atoms with E-state index in [-0.39, 0.29) is 11.3 Å². The summed E-state index contributed by atoms with van der Waals surface area (Å²) >= 11 is 0.968. The fourth-order valence-electron chi connectivity index (χ4n) is 1.05. The lowest BCUT2D eigenvalue weighted by molar-refractivity contribution is 0.0218. The van der Waals surface area contributed by atoms with Gasteiger partial charge < -0.3 is 15.3 Å². The fourth-order valence-corrected chi connectivity index (χ4v) is 1.82. The summed E-state index contributed by atoms with van der Waals surface area (Å²) in [5, 5.41) is 37.2. The highest BCUT2D eigenvalue weighted by atomic mass is 32.1. The molecule has 2 atom stereocenters. The Hall–Kier alpha value is -1.42. The molecule has 0 spiro atoms. The molecule has 0 saturated carbocycles. The maximum Gasteiger partial charge on any atom is 0.345 e. The first-order valence-corrected chi connectivity index (χ1v) is 4.99. The second-order valence-electron chi connectivity index (χ2n) is 2.92. The van der Waals surface area contributed by atoms with E-state index in [0.717, 1.165) is 11.3 Å². The molecule has 0 aliphatic heterocycles. The summed E-state index contributed by atoms with van der Waals surface area (Å²) in [6.45, 7) is 0. The van der Waals surface area contributed by atoms with Crippen molar-refractivity contribution < 1.29 is 20.1 Å². The number of hydrogen-bond acceptors (Lipinski definition) is 5. The SMILES string of the molecule is N#CCC(O)C(O)c1csc(C(=O)O)c1. The summed E-state index contributed by atoms with van der Waals surface area (Å²) in [5.41, 5.74) is 0.320. The smallest absolute Gasteiger partial charge is 0.345 e. The van der Waals surface area contributed by atoms with E-state index in [0.29, 0.717) is 5.56 Å². The van der Waals surface area contributed by atoms with Gasteiger partial charge in [0.05, 0.1) is 18.6 Å². The zero-order valence-electron chi connectivity index (χ0n) is 7.62. The van der Waals surface area contributed by atoms with Crippen molar-refractivity contribution in [1.82, 2.24) is 0 Å². The third-order valence-corrected chi connectivity index (χ3v) is 2.77. The summed E-state index contributed by atoms with van der Waals surface area (Å²) in [4.78, 5) is 10.6. The summed E-state index contributed by atoms with van der Waals surface area (Å²) in [6.07, 6.45) is -2.60. The van der Waals surface area contributed by atoms with E-state index < -0.39 is 18.2 Å². The first-order chi connectivity index (χ1) is 7.06. The van der Waals surface area contributed by atoms with Crippen molar-refractivity contribution >= 4 is 17.3 Å². The molecule has 80 valence electrons. The summed E-state index contributed by atoms with van der Waals surface area (Å²) in [7, 11) is 0. The Morgan fingerprint density at radius 1 is 1.60 bits per heavy atom. The van der Waals surface area contributed by atoms with Crippen LogP contribution in [0.25, 0.3) is 0 Å². The number of hydrogen-bond donors (Lipinski definition) is 3. The van der Waals surface area contributed by atoms with Crippen LogP contribution in [-0.4, -0.2) is 27.4 Å². The number of carboxylic acid groups (broad SMARTS) is 1. The molecule has 0 radical (unpaired) electrons. The van der Waals surface area contributed by atoms with Crippen LogP contribution in [0.5, 0.6) is 0 Å². The van der Waals surface area contributed by atoms with E-state index in [1.807, 2.05) is 0 Å². The highest BCUT2D eigenvalue weighted by Gasteiger charge is 2.20. The highest BCUT2D eigenvalue weighted by Crippen LogP contribution is 2.24. The zero-order valence-corrected chi connectivity index (χ0v) is 8.44. The predicted octanol–water partition coefficient (Wildman–Crippen LogP) is 0.754. The molecular weight excluding hydrogens is 218 g/mol. The maximum absolute atomic E-state index is 10.5. The van der Waals surface area contributed by atoms with Crippen molar-refractivity contribution in [2.24, 2.45) is 0 Å². The molecule has 2 unspecified atom stereocenters. The third-order valence-electron chi connectivity index (χ3n) is 1.84. The molecule has 0 saturated heterocycles. The normalized spacial score (nSPS) is 14.2. The topological polar surface area (TPSA) is 102 Å². The van der Waals surface area contributed by atoms with E-state index in [1.165, 1.54) is 11.4 Å². The molecule has 1 rings (SSSR count). The molecule has 6 heteroatoms. The van der Waals surface area contributed by atoms with Crippen LogP contribution < -0.4 is 0 Å². The van der Waals surface area contributed by atoms with Crippen LogP contribution in [0.4, 0.5) is 0 Å². The first-order valence-electron chi connectivity index (χ1n) is 4.11. The number of rotatable bonds is 4. The zero-order chi connectivity index (χ0) is 11.4. The highest BCUT2D eigenvalue weighted by molar-refractivity contribution is 7.12. The predicted molar refractivity (Wildman–Crippen MR) is 52.5 cm³/mol. The van der Waals surface area contributed by atoms with Gasteiger partial charge in [-0.15, -0.1) is 11.3 Å². The minimum absolute atomic E-state index is 0.0909. The molecule has 15 heavy (non-hydrogen) atoms. The monoisotopic (exact) mass is 227 g/mol. The lowest BCUT2D eigenvalue weighted by atomic mass is 10.1. The summed E-state index contributed by atoms with van der Waals surface area (Å²) in [6, 6.07) is 3.01. The van der Waals surface area contributed by atoms with Gasteiger partial charge in [-0.3, -0.25) is 0 Å². The molecule has 0 aliphatic rings. The van der Waals surface area contributed by atoms with Crippen molar-refractivity contribution in [3.05, 3.63) is 21.9 Å². The van der Waals surface area contributed by atoms with Crippen LogP contribution in [0.1, 0.15) is 27.8 Å². The first kappa shape index (κ1) is 11.7. The second-order valence-corrected chi connectivity index (χ2v) is 3.84. The number of carboxylic acids is 1. The second kappa shape index (κ2) is 4.89. The van der Waals surface area contributed by atoms with E-state index in [1.54, 1.807) is 6.07 Å². The van der Waals surface area contributed by atoms with Crippen LogP contribution in [-0.2, 0) is 0 Å².